The number of hydrogen-bond donors (Lipinski definition) is 7. The molecule has 7 N–H and O–H groups in total. The van der Waals surface area contributed by atoms with Gasteiger partial charge in [0.15, 0.2) is 0 Å². The first-order chi connectivity index (χ1) is 65.1. The molecule has 0 radical (unpaired) electrons. The molecule has 10 rings (SSSR count). The molecule has 1 saturated carbocycles. The zero-order valence-electron chi connectivity index (χ0n) is 90.3. The number of benzene rings is 8. The Hall–Kier alpha value is -9.57. The molecule has 8 aromatic carbocycles. The van der Waals surface area contributed by atoms with Crippen LogP contribution in [0.2, 0.25) is 0 Å². The number of carbonyl (C=O) groups is 5. The highest BCUT2D eigenvalue weighted by molar-refractivity contribution is 5.95. The summed E-state index contributed by atoms with van der Waals surface area (Å²) in [6.07, 6.45) is 4.82. The number of rotatable bonds is 43. The highest BCUT2D eigenvalue weighted by Gasteiger charge is 2.31. The Balaban J connectivity index is 0.000000293. The Morgan fingerprint density at radius 3 is 0.877 bits per heavy atom. The van der Waals surface area contributed by atoms with Crippen LogP contribution in [0.4, 0.5) is 0 Å². The van der Waals surface area contributed by atoms with E-state index in [1.54, 1.807) is 17.0 Å². The summed E-state index contributed by atoms with van der Waals surface area (Å²) in [6.45, 7) is 46.4. The number of nitrogens with one attached hydrogen (secondary N) is 6. The smallest absolute Gasteiger partial charge is 0.338 e. The number of esters is 2. The van der Waals surface area contributed by atoms with Crippen molar-refractivity contribution in [2.75, 3.05) is 111 Å². The van der Waals surface area contributed by atoms with Crippen molar-refractivity contribution < 1.29 is 43.3 Å². The molecule has 0 aromatic heterocycles. The molecule has 0 spiro atoms. The van der Waals surface area contributed by atoms with Crippen molar-refractivity contribution in [3.05, 3.63) is 279 Å². The highest BCUT2D eigenvalue weighted by atomic mass is 16.5. The summed E-state index contributed by atoms with van der Waals surface area (Å²) in [5.74, 6) is 0.554. The van der Waals surface area contributed by atoms with E-state index < -0.39 is 5.97 Å². The summed E-state index contributed by atoms with van der Waals surface area (Å²) in [5, 5.41) is 30.3. The van der Waals surface area contributed by atoms with Gasteiger partial charge in [-0.3, -0.25) is 9.59 Å². The molecule has 23 heteroatoms. The van der Waals surface area contributed by atoms with Crippen molar-refractivity contribution in [1.82, 2.24) is 71.1 Å². The number of nitrogens with zero attached hydrogens (tertiary/aromatic N) is 8. The fraction of sp³-hybridized carbons (Fsp3) is 0.539. The first-order valence-corrected chi connectivity index (χ1v) is 50.1. The minimum atomic E-state index is -0.888. The summed E-state index contributed by atoms with van der Waals surface area (Å²) >= 11 is 0. The number of aromatic carboxylic acids is 1. The van der Waals surface area contributed by atoms with Gasteiger partial charge in [-0.05, 0) is 289 Å². The van der Waals surface area contributed by atoms with Gasteiger partial charge in [0.1, 0.15) is 12.4 Å². The first-order valence-electron chi connectivity index (χ1n) is 50.1. The summed E-state index contributed by atoms with van der Waals surface area (Å²) < 4.78 is 16.4. The van der Waals surface area contributed by atoms with Crippen LogP contribution in [0.15, 0.2) is 206 Å². The summed E-state index contributed by atoms with van der Waals surface area (Å²) in [5.41, 5.74) is 12.4. The zero-order valence-corrected chi connectivity index (χ0v) is 90.3. The summed E-state index contributed by atoms with van der Waals surface area (Å²) in [6, 6.07) is 73.3. The molecule has 1 saturated heterocycles. The van der Waals surface area contributed by atoms with E-state index in [4.69, 9.17) is 19.3 Å². The van der Waals surface area contributed by atoms with E-state index in [2.05, 4.69) is 305 Å². The SMILES string of the molecule is CC(C)N[C@@H](C)[C@H](c1ccc(C(=O)N(C)Cc2ccccc2)cc1)N(C)C.CC(C)N[C@@H](C)[C@H](c1ccc(C(=O)N2CCCC2)cc1)N(C)C.CC(C)N[C@@H](C)[C@H](c1ccc(C(=O)O)cc1)N(C)C.CC(C)N[C@@H](C)[C@H](c1ccc(C(=O)OC(C)C)cc1)N(C)C.CC(C)N[C@@H](C)[C@H](c1ccc(C(=O)OCc2ccccc2)cc1)N(C)C.CC(C)N[C@@H](C)[C@H](c1ccc(OCC2CC2)cc1)N(C)C. The van der Waals surface area contributed by atoms with E-state index in [1.807, 2.05) is 185 Å². The molecule has 2 fully saturated rings. The normalized spacial score (nSPS) is 15.3. The quantitative estimate of drug-likeness (QED) is 0.0176. The molecule has 12 atom stereocenters. The van der Waals surface area contributed by atoms with E-state index in [1.165, 1.54) is 40.7 Å². The lowest BCUT2D eigenvalue weighted by molar-refractivity contribution is 0.0376. The Morgan fingerprint density at radius 2 is 0.601 bits per heavy atom. The lowest BCUT2D eigenvalue weighted by Gasteiger charge is -2.32. The second-order valence-corrected chi connectivity index (χ2v) is 41.0. The minimum absolute atomic E-state index is 0.0418. The highest BCUT2D eigenvalue weighted by Crippen LogP contribution is 2.33. The summed E-state index contributed by atoms with van der Waals surface area (Å²) in [7, 11) is 26.9. The largest absolute Gasteiger partial charge is 0.493 e. The van der Waals surface area contributed by atoms with Gasteiger partial charge in [0.05, 0.1) is 29.4 Å². The summed E-state index contributed by atoms with van der Waals surface area (Å²) in [4.78, 5) is 77.2. The van der Waals surface area contributed by atoms with Crippen LogP contribution in [-0.2, 0) is 22.6 Å². The van der Waals surface area contributed by atoms with Crippen molar-refractivity contribution in [3.8, 4) is 5.75 Å². The molecule has 8 aromatic rings. The predicted molar refractivity (Wildman–Crippen MR) is 572 cm³/mol. The zero-order chi connectivity index (χ0) is 103. The van der Waals surface area contributed by atoms with E-state index in [-0.39, 0.29) is 72.7 Å². The molecule has 762 valence electrons. The maximum atomic E-state index is 12.7. The number of ether oxygens (including phenoxy) is 3. The fourth-order valence-electron chi connectivity index (χ4n) is 18.6. The third-order valence-electron chi connectivity index (χ3n) is 24.2. The van der Waals surface area contributed by atoms with Gasteiger partial charge in [0.2, 0.25) is 0 Å². The fourth-order valence-corrected chi connectivity index (χ4v) is 18.6. The molecule has 0 unspecified atom stereocenters. The van der Waals surface area contributed by atoms with Crippen molar-refractivity contribution in [2.24, 2.45) is 5.92 Å². The second-order valence-electron chi connectivity index (χ2n) is 41.0. The Kier molecular flexibility index (Phi) is 52.2. The number of carbonyl (C=O) groups excluding carboxylic acids is 4. The van der Waals surface area contributed by atoms with Crippen LogP contribution >= 0.6 is 0 Å². The molecule has 0 bridgehead atoms. The van der Waals surface area contributed by atoms with Crippen LogP contribution in [0.5, 0.6) is 5.75 Å². The van der Waals surface area contributed by atoms with Gasteiger partial charge >= 0.3 is 17.9 Å². The predicted octanol–water partition coefficient (Wildman–Crippen LogP) is 20.0. The van der Waals surface area contributed by atoms with Gasteiger partial charge in [-0.15, -0.1) is 0 Å². The maximum Gasteiger partial charge on any atom is 0.338 e. The van der Waals surface area contributed by atoms with Crippen molar-refractivity contribution >= 4 is 29.7 Å². The third-order valence-corrected chi connectivity index (χ3v) is 24.2. The lowest BCUT2D eigenvalue weighted by Crippen LogP contribution is -2.42. The molecule has 1 heterocycles. The Labute approximate surface area is 833 Å². The number of likely N-dealkylation sites (tertiary alicyclic amines) is 1. The molecule has 2 aliphatic rings. The molecular formula is C115H178N14O9. The van der Waals surface area contributed by atoms with Crippen molar-refractivity contribution in [3.63, 3.8) is 0 Å². The number of likely N-dealkylation sites (N-methyl/N-ethyl adjacent to an activating group) is 6. The standard InChI is InChI=1S/C23H33N3O.C22H30N2O2.C19H31N3O.C18H30N2O2.C18H30N2O.C15H24N2O2/c1-17(2)24-18(3)22(25(4)5)20-12-14-21(15-13-20)23(27)26(6)16-19-10-8-7-9-11-19;1-16(2)23-17(3)21(24(4)5)19-11-13-20(14-12-19)22(25)26-15-18-9-7-6-8-10-18;1-14(2)20-15(3)18(21(4)5)16-8-10-17(11-9-16)19(23)22-12-6-7-13-22;1-12(2)19-14(5)17(20(6)7)15-8-10-16(11-9-15)18(21)22-13(3)4;1-13(2)19-14(3)18(20(4)5)16-8-10-17(11-9-16)21-12-15-6-7-15;1-10(2)16-11(3)14(17(4)5)12-6-8-13(9-7-12)15(18)19/h7-15,17-18,22,24H,16H2,1-6H3;6-14,16-17,21,23H,15H2,1-5H3;8-11,14-15,18,20H,6-7,12-13H2,1-5H3;8-14,17,19H,1-7H3;8-11,13-15,18-19H,6-7,12H2,1-5H3;6-11,14,16H,1-5H3,(H,18,19)/t18-,22+;17-,21+;15-,18+;14-,17+;14-,18+;11-,14+/m000000/s1. The maximum absolute atomic E-state index is 12.7. The van der Waals surface area contributed by atoms with Crippen molar-refractivity contribution in [2.45, 2.75) is 292 Å². The molecule has 1 aliphatic heterocycles. The number of carboxylic acids is 1. The molecular weight excluding hydrogens is 1720 g/mol. The molecule has 23 nitrogen and oxygen atoms in total. The van der Waals surface area contributed by atoms with Gasteiger partial charge in [-0.1, -0.05) is 217 Å². The van der Waals surface area contributed by atoms with Crippen LogP contribution in [0.25, 0.3) is 0 Å². The van der Waals surface area contributed by atoms with E-state index in [0.29, 0.717) is 95.7 Å². The van der Waals surface area contributed by atoms with Gasteiger partial charge in [0, 0.05) is 147 Å². The number of hydrogen-bond acceptors (Lipinski definition) is 20. The van der Waals surface area contributed by atoms with Gasteiger partial charge in [0.25, 0.3) is 11.8 Å². The van der Waals surface area contributed by atoms with E-state index >= 15 is 0 Å². The van der Waals surface area contributed by atoms with Gasteiger partial charge in [-0.2, -0.15) is 0 Å². The van der Waals surface area contributed by atoms with Gasteiger partial charge in [-0.25, -0.2) is 14.4 Å². The van der Waals surface area contributed by atoms with Crippen LogP contribution in [0.1, 0.15) is 297 Å². The first kappa shape index (κ1) is 119. The van der Waals surface area contributed by atoms with Crippen LogP contribution in [-0.4, -0.2) is 264 Å². The monoisotopic (exact) mass is 1900 g/mol. The van der Waals surface area contributed by atoms with E-state index in [9.17, 15) is 24.0 Å². The van der Waals surface area contributed by atoms with Crippen LogP contribution in [0.3, 0.4) is 0 Å². The average molecular weight is 1900 g/mol. The third kappa shape index (κ3) is 41.7. The van der Waals surface area contributed by atoms with E-state index in [0.717, 1.165) is 72.0 Å². The topological polar surface area (TPSA) is 231 Å². The molecule has 1 aliphatic carbocycles. The number of carboxylic acid groups (broad SMARTS) is 1. The lowest BCUT2D eigenvalue weighted by atomic mass is 9.97. The second kappa shape index (κ2) is 60.5. The van der Waals surface area contributed by atoms with Crippen molar-refractivity contribution in [1.29, 1.82) is 0 Å². The number of amides is 2. The average Bonchev–Trinajstić information content (AvgIpc) is 1.05. The van der Waals surface area contributed by atoms with Gasteiger partial charge < -0.3 is 90.4 Å². The van der Waals surface area contributed by atoms with Crippen LogP contribution < -0.4 is 36.6 Å². The Morgan fingerprint density at radius 1 is 0.333 bits per heavy atom. The van der Waals surface area contributed by atoms with Crippen LogP contribution in [0, 0.1) is 5.92 Å². The minimum Gasteiger partial charge on any atom is -0.493 e. The molecule has 2 amide bonds. The Bertz CT molecular complexity index is 4740. The molecule has 138 heavy (non-hydrogen) atoms.